The molecule has 3 rings (SSSR count). The molecule has 0 radical (unpaired) electrons. The number of benzene rings is 2. The van der Waals surface area contributed by atoms with Crippen LogP contribution in [0.2, 0.25) is 0 Å². The summed E-state index contributed by atoms with van der Waals surface area (Å²) < 4.78 is 11.2. The zero-order valence-electron chi connectivity index (χ0n) is 11.7. The first-order chi connectivity index (χ1) is 9.88. The topological polar surface area (TPSA) is 30.5 Å². The molecule has 1 N–H and O–H groups in total. The number of anilines is 1. The molecule has 0 bridgehead atoms. The van der Waals surface area contributed by atoms with Gasteiger partial charge in [-0.05, 0) is 42.2 Å². The molecule has 0 unspecified atom stereocenters. The minimum Gasteiger partial charge on any atom is -0.493 e. The highest BCUT2D eigenvalue weighted by atomic mass is 16.5. The molecule has 2 aromatic carbocycles. The van der Waals surface area contributed by atoms with Crippen LogP contribution >= 0.6 is 0 Å². The van der Waals surface area contributed by atoms with Crippen molar-refractivity contribution in [3.05, 3.63) is 53.6 Å². The van der Waals surface area contributed by atoms with Gasteiger partial charge in [-0.25, -0.2) is 0 Å². The van der Waals surface area contributed by atoms with Gasteiger partial charge in [0.25, 0.3) is 0 Å². The van der Waals surface area contributed by atoms with E-state index >= 15 is 0 Å². The fourth-order valence-electron chi connectivity index (χ4n) is 2.61. The molecule has 3 heteroatoms. The SMILES string of the molecule is COc1ccccc1OCc1cccc2c1CCCN2. The van der Waals surface area contributed by atoms with E-state index in [0.717, 1.165) is 24.5 Å². The predicted octanol–water partition coefficient (Wildman–Crippen LogP) is 3.63. The van der Waals surface area contributed by atoms with Gasteiger partial charge >= 0.3 is 0 Å². The highest BCUT2D eigenvalue weighted by Gasteiger charge is 2.13. The second-order valence-corrected chi connectivity index (χ2v) is 4.91. The van der Waals surface area contributed by atoms with E-state index in [0.29, 0.717) is 6.61 Å². The molecule has 0 saturated heterocycles. The van der Waals surface area contributed by atoms with E-state index in [2.05, 4.69) is 23.5 Å². The van der Waals surface area contributed by atoms with Crippen molar-refractivity contribution in [2.45, 2.75) is 19.4 Å². The number of para-hydroxylation sites is 2. The van der Waals surface area contributed by atoms with Crippen molar-refractivity contribution in [2.75, 3.05) is 19.0 Å². The van der Waals surface area contributed by atoms with Crippen LogP contribution < -0.4 is 14.8 Å². The first-order valence-electron chi connectivity index (χ1n) is 6.99. The lowest BCUT2D eigenvalue weighted by Crippen LogP contribution is -2.14. The molecular weight excluding hydrogens is 250 g/mol. The van der Waals surface area contributed by atoms with E-state index in [1.165, 1.54) is 23.2 Å². The molecule has 0 aromatic heterocycles. The van der Waals surface area contributed by atoms with Crippen molar-refractivity contribution in [3.63, 3.8) is 0 Å². The van der Waals surface area contributed by atoms with Gasteiger partial charge in [-0.3, -0.25) is 0 Å². The van der Waals surface area contributed by atoms with Gasteiger partial charge in [0.2, 0.25) is 0 Å². The predicted molar refractivity (Wildman–Crippen MR) is 80.6 cm³/mol. The summed E-state index contributed by atoms with van der Waals surface area (Å²) in [4.78, 5) is 0. The number of nitrogens with one attached hydrogen (secondary N) is 1. The number of fused-ring (bicyclic) bond motifs is 1. The highest BCUT2D eigenvalue weighted by Crippen LogP contribution is 2.29. The van der Waals surface area contributed by atoms with Crippen molar-refractivity contribution in [2.24, 2.45) is 0 Å². The van der Waals surface area contributed by atoms with E-state index in [1.54, 1.807) is 7.11 Å². The Hall–Kier alpha value is -2.16. The fourth-order valence-corrected chi connectivity index (χ4v) is 2.61. The van der Waals surface area contributed by atoms with Gasteiger partial charge in [-0.15, -0.1) is 0 Å². The molecule has 1 aliphatic rings. The minimum atomic E-state index is 0.575. The summed E-state index contributed by atoms with van der Waals surface area (Å²) in [6.45, 7) is 1.63. The minimum absolute atomic E-state index is 0.575. The van der Waals surface area contributed by atoms with Crippen LogP contribution in [0.4, 0.5) is 5.69 Å². The van der Waals surface area contributed by atoms with Crippen LogP contribution in [-0.4, -0.2) is 13.7 Å². The van der Waals surface area contributed by atoms with Gasteiger partial charge in [0.05, 0.1) is 7.11 Å². The van der Waals surface area contributed by atoms with Gasteiger partial charge in [0, 0.05) is 12.2 Å². The summed E-state index contributed by atoms with van der Waals surface area (Å²) >= 11 is 0. The van der Waals surface area contributed by atoms with Gasteiger partial charge in [0.15, 0.2) is 11.5 Å². The van der Waals surface area contributed by atoms with E-state index in [1.807, 2.05) is 24.3 Å². The average Bonchev–Trinajstić information content (AvgIpc) is 2.53. The van der Waals surface area contributed by atoms with Crippen molar-refractivity contribution in [1.82, 2.24) is 0 Å². The van der Waals surface area contributed by atoms with Crippen molar-refractivity contribution in [3.8, 4) is 11.5 Å². The zero-order chi connectivity index (χ0) is 13.8. The normalized spacial score (nSPS) is 13.2. The maximum atomic E-state index is 5.93. The molecule has 0 amide bonds. The van der Waals surface area contributed by atoms with Crippen LogP contribution in [0.15, 0.2) is 42.5 Å². The molecule has 0 spiro atoms. The molecule has 0 saturated carbocycles. The van der Waals surface area contributed by atoms with Crippen molar-refractivity contribution < 1.29 is 9.47 Å². The second kappa shape index (κ2) is 5.87. The van der Waals surface area contributed by atoms with Gasteiger partial charge in [-0.1, -0.05) is 24.3 Å². The third-order valence-corrected chi connectivity index (χ3v) is 3.64. The standard InChI is InChI=1S/C17H19NO2/c1-19-16-9-2-3-10-17(16)20-12-13-6-4-8-15-14(13)7-5-11-18-15/h2-4,6,8-10,18H,5,7,11-12H2,1H3. The third kappa shape index (κ3) is 2.57. The molecule has 20 heavy (non-hydrogen) atoms. The van der Waals surface area contributed by atoms with Crippen LogP contribution in [0.3, 0.4) is 0 Å². The molecule has 1 aliphatic heterocycles. The fraction of sp³-hybridized carbons (Fsp3) is 0.294. The molecule has 0 fully saturated rings. The molecular formula is C17H19NO2. The lowest BCUT2D eigenvalue weighted by atomic mass is 9.98. The largest absolute Gasteiger partial charge is 0.493 e. The molecule has 1 heterocycles. The summed E-state index contributed by atoms with van der Waals surface area (Å²) in [7, 11) is 1.66. The first kappa shape index (κ1) is 12.9. The van der Waals surface area contributed by atoms with Gasteiger partial charge in [0.1, 0.15) is 6.61 Å². The Morgan fingerprint density at radius 3 is 2.75 bits per heavy atom. The number of rotatable bonds is 4. The number of methoxy groups -OCH3 is 1. The Morgan fingerprint density at radius 2 is 1.90 bits per heavy atom. The zero-order valence-corrected chi connectivity index (χ0v) is 11.7. The van der Waals surface area contributed by atoms with E-state index in [-0.39, 0.29) is 0 Å². The highest BCUT2D eigenvalue weighted by molar-refractivity contribution is 5.56. The lowest BCUT2D eigenvalue weighted by Gasteiger charge is -2.21. The monoisotopic (exact) mass is 269 g/mol. The van der Waals surface area contributed by atoms with Crippen LogP contribution in [0, 0.1) is 0 Å². The van der Waals surface area contributed by atoms with Crippen LogP contribution in [0.5, 0.6) is 11.5 Å². The quantitative estimate of drug-likeness (QED) is 0.919. The van der Waals surface area contributed by atoms with E-state index in [4.69, 9.17) is 9.47 Å². The van der Waals surface area contributed by atoms with Crippen LogP contribution in [0.25, 0.3) is 0 Å². The summed E-state index contributed by atoms with van der Waals surface area (Å²) in [5.74, 6) is 1.56. The third-order valence-electron chi connectivity index (χ3n) is 3.64. The molecule has 2 aromatic rings. The Labute approximate surface area is 119 Å². The van der Waals surface area contributed by atoms with E-state index in [9.17, 15) is 0 Å². The number of hydrogen-bond donors (Lipinski definition) is 1. The maximum Gasteiger partial charge on any atom is 0.161 e. The summed E-state index contributed by atoms with van der Waals surface area (Å²) in [6.07, 6.45) is 2.30. The van der Waals surface area contributed by atoms with Gasteiger partial charge in [-0.2, -0.15) is 0 Å². The number of ether oxygens (including phenoxy) is 2. The first-order valence-corrected chi connectivity index (χ1v) is 6.99. The summed E-state index contributed by atoms with van der Waals surface area (Å²) in [5.41, 5.74) is 3.88. The smallest absolute Gasteiger partial charge is 0.161 e. The lowest BCUT2D eigenvalue weighted by molar-refractivity contribution is 0.283. The second-order valence-electron chi connectivity index (χ2n) is 4.91. The Morgan fingerprint density at radius 1 is 1.05 bits per heavy atom. The molecule has 104 valence electrons. The Balaban J connectivity index is 1.79. The molecule has 0 aliphatic carbocycles. The maximum absolute atomic E-state index is 5.93. The van der Waals surface area contributed by atoms with Crippen molar-refractivity contribution >= 4 is 5.69 Å². The Kier molecular flexibility index (Phi) is 3.77. The van der Waals surface area contributed by atoms with Crippen molar-refractivity contribution in [1.29, 1.82) is 0 Å². The van der Waals surface area contributed by atoms with Gasteiger partial charge < -0.3 is 14.8 Å². The Bertz CT molecular complexity index is 595. The molecule has 0 atom stereocenters. The van der Waals surface area contributed by atoms with E-state index < -0.39 is 0 Å². The summed E-state index contributed by atoms with van der Waals surface area (Å²) in [5, 5.41) is 3.44. The average molecular weight is 269 g/mol. The van der Waals surface area contributed by atoms with Crippen LogP contribution in [-0.2, 0) is 13.0 Å². The van der Waals surface area contributed by atoms with Crippen LogP contribution in [0.1, 0.15) is 17.5 Å². The molecule has 3 nitrogen and oxygen atoms in total. The number of hydrogen-bond acceptors (Lipinski definition) is 3. The summed E-state index contributed by atoms with van der Waals surface area (Å²) in [6, 6.07) is 14.1.